The van der Waals surface area contributed by atoms with E-state index in [9.17, 15) is 8.78 Å². The molecule has 0 amide bonds. The molecule has 0 aromatic heterocycles. The first-order valence-electron chi connectivity index (χ1n) is 5.52. The second-order valence-electron chi connectivity index (χ2n) is 3.71. The lowest BCUT2D eigenvalue weighted by Crippen LogP contribution is -2.24. The number of halogens is 2. The van der Waals surface area contributed by atoms with Gasteiger partial charge in [0.05, 0.1) is 13.2 Å². The fraction of sp³-hybridized carbons (Fsp3) is 0.385. The molecule has 0 aliphatic heterocycles. The van der Waals surface area contributed by atoms with E-state index >= 15 is 0 Å². The van der Waals surface area contributed by atoms with Gasteiger partial charge in [-0.05, 0) is 13.0 Å². The predicted octanol–water partition coefficient (Wildman–Crippen LogP) is 2.82. The molecule has 0 saturated carbocycles. The van der Waals surface area contributed by atoms with E-state index in [1.807, 2.05) is 6.92 Å². The first-order valence-corrected chi connectivity index (χ1v) is 5.52. The first-order chi connectivity index (χ1) is 8.15. The Kier molecular flexibility index (Phi) is 5.80. The smallest absolute Gasteiger partial charge is 0.130 e. The number of rotatable bonds is 7. The summed E-state index contributed by atoms with van der Waals surface area (Å²) in [6.45, 7) is 6.98. The molecule has 4 heteroatoms. The summed E-state index contributed by atoms with van der Waals surface area (Å²) in [4.78, 5) is 0. The van der Waals surface area contributed by atoms with Gasteiger partial charge >= 0.3 is 0 Å². The Morgan fingerprint density at radius 1 is 1.47 bits per heavy atom. The molecule has 1 aromatic carbocycles. The molecule has 0 aliphatic carbocycles. The van der Waals surface area contributed by atoms with Crippen LogP contribution >= 0.6 is 0 Å². The number of benzene rings is 1. The molecule has 0 saturated heterocycles. The van der Waals surface area contributed by atoms with E-state index in [-0.39, 0.29) is 6.04 Å². The van der Waals surface area contributed by atoms with Crippen molar-refractivity contribution >= 4 is 0 Å². The van der Waals surface area contributed by atoms with E-state index in [1.54, 1.807) is 6.08 Å². The number of ether oxygens (including phenoxy) is 1. The van der Waals surface area contributed by atoms with Gasteiger partial charge in [-0.15, -0.1) is 6.58 Å². The second-order valence-corrected chi connectivity index (χ2v) is 3.71. The predicted molar refractivity (Wildman–Crippen MR) is 63.8 cm³/mol. The minimum absolute atomic E-state index is 0.178. The maximum atomic E-state index is 13.4. The van der Waals surface area contributed by atoms with E-state index < -0.39 is 11.6 Å². The number of hydrogen-bond acceptors (Lipinski definition) is 2. The van der Waals surface area contributed by atoms with Crippen molar-refractivity contribution in [3.63, 3.8) is 0 Å². The Morgan fingerprint density at radius 3 is 2.88 bits per heavy atom. The van der Waals surface area contributed by atoms with Crippen LogP contribution in [-0.2, 0) is 4.74 Å². The third kappa shape index (κ3) is 4.63. The molecule has 1 unspecified atom stereocenters. The maximum Gasteiger partial charge on any atom is 0.130 e. The standard InChI is InChI=1S/C13H17F2NO/c1-3-7-17-8-6-16-10(2)12-5-4-11(14)9-13(12)15/h3-5,9-10,16H,1,6-8H2,2H3. The van der Waals surface area contributed by atoms with Gasteiger partial charge in [-0.3, -0.25) is 0 Å². The fourth-order valence-electron chi connectivity index (χ4n) is 1.48. The molecule has 0 fully saturated rings. The molecule has 17 heavy (non-hydrogen) atoms. The van der Waals surface area contributed by atoms with E-state index in [1.165, 1.54) is 12.1 Å². The lowest BCUT2D eigenvalue weighted by Gasteiger charge is -2.14. The van der Waals surface area contributed by atoms with E-state index in [0.29, 0.717) is 25.3 Å². The summed E-state index contributed by atoms with van der Waals surface area (Å²) in [7, 11) is 0. The minimum Gasteiger partial charge on any atom is -0.376 e. The molecule has 0 aliphatic rings. The first kappa shape index (κ1) is 13.8. The normalized spacial score (nSPS) is 12.4. The molecule has 0 spiro atoms. The van der Waals surface area contributed by atoms with Crippen molar-refractivity contribution in [2.75, 3.05) is 19.8 Å². The molecule has 0 heterocycles. The molecule has 1 N–H and O–H groups in total. The SMILES string of the molecule is C=CCOCCNC(C)c1ccc(F)cc1F. The summed E-state index contributed by atoms with van der Waals surface area (Å²) in [6.07, 6.45) is 1.67. The zero-order chi connectivity index (χ0) is 12.7. The highest BCUT2D eigenvalue weighted by Crippen LogP contribution is 2.17. The van der Waals surface area contributed by atoms with Gasteiger partial charge in [0.2, 0.25) is 0 Å². The van der Waals surface area contributed by atoms with Gasteiger partial charge in [-0.1, -0.05) is 12.1 Å². The van der Waals surface area contributed by atoms with Crippen LogP contribution in [0.1, 0.15) is 18.5 Å². The van der Waals surface area contributed by atoms with Gasteiger partial charge in [0.25, 0.3) is 0 Å². The van der Waals surface area contributed by atoms with E-state index in [2.05, 4.69) is 11.9 Å². The summed E-state index contributed by atoms with van der Waals surface area (Å²) in [5, 5.41) is 3.10. The molecular formula is C13H17F2NO. The topological polar surface area (TPSA) is 21.3 Å². The number of hydrogen-bond donors (Lipinski definition) is 1. The van der Waals surface area contributed by atoms with Crippen LogP contribution < -0.4 is 5.32 Å². The van der Waals surface area contributed by atoms with Crippen LogP contribution in [-0.4, -0.2) is 19.8 Å². The van der Waals surface area contributed by atoms with Gasteiger partial charge in [0, 0.05) is 24.2 Å². The summed E-state index contributed by atoms with van der Waals surface area (Å²) in [6, 6.07) is 3.42. The Balaban J connectivity index is 2.41. The van der Waals surface area contributed by atoms with Crippen LogP contribution in [0.4, 0.5) is 8.78 Å². The lowest BCUT2D eigenvalue weighted by atomic mass is 10.1. The highest BCUT2D eigenvalue weighted by Gasteiger charge is 2.10. The molecule has 94 valence electrons. The average Bonchev–Trinajstić information content (AvgIpc) is 2.28. The second kappa shape index (κ2) is 7.14. The van der Waals surface area contributed by atoms with E-state index in [0.717, 1.165) is 6.07 Å². The lowest BCUT2D eigenvalue weighted by molar-refractivity contribution is 0.161. The Bertz CT molecular complexity index is 368. The van der Waals surface area contributed by atoms with Crippen LogP contribution in [0.3, 0.4) is 0 Å². The third-order valence-corrected chi connectivity index (χ3v) is 2.36. The van der Waals surface area contributed by atoms with E-state index in [4.69, 9.17) is 4.74 Å². The van der Waals surface area contributed by atoms with Gasteiger partial charge in [-0.25, -0.2) is 8.78 Å². The van der Waals surface area contributed by atoms with Crippen LogP contribution in [0.2, 0.25) is 0 Å². The summed E-state index contributed by atoms with van der Waals surface area (Å²) < 4.78 is 31.3. The minimum atomic E-state index is -0.562. The van der Waals surface area contributed by atoms with Crippen molar-refractivity contribution in [2.24, 2.45) is 0 Å². The molecule has 1 atom stereocenters. The largest absolute Gasteiger partial charge is 0.376 e. The number of nitrogens with one attached hydrogen (secondary N) is 1. The highest BCUT2D eigenvalue weighted by atomic mass is 19.1. The van der Waals surface area contributed by atoms with Crippen molar-refractivity contribution in [2.45, 2.75) is 13.0 Å². The third-order valence-electron chi connectivity index (χ3n) is 2.36. The van der Waals surface area contributed by atoms with Gasteiger partial charge < -0.3 is 10.1 Å². The van der Waals surface area contributed by atoms with Crippen molar-refractivity contribution in [3.05, 3.63) is 48.1 Å². The summed E-state index contributed by atoms with van der Waals surface area (Å²) in [5.41, 5.74) is 0.454. The van der Waals surface area contributed by atoms with Crippen molar-refractivity contribution in [1.29, 1.82) is 0 Å². The molecule has 1 aromatic rings. The van der Waals surface area contributed by atoms with Gasteiger partial charge in [-0.2, -0.15) is 0 Å². The molecule has 0 bridgehead atoms. The monoisotopic (exact) mass is 241 g/mol. The zero-order valence-corrected chi connectivity index (χ0v) is 9.88. The van der Waals surface area contributed by atoms with Crippen LogP contribution in [0.5, 0.6) is 0 Å². The molecular weight excluding hydrogens is 224 g/mol. The summed E-state index contributed by atoms with van der Waals surface area (Å²) in [5.74, 6) is -1.09. The van der Waals surface area contributed by atoms with Crippen molar-refractivity contribution in [1.82, 2.24) is 5.32 Å². The Hall–Kier alpha value is -1.26. The Labute approximate surface area is 100 Å². The quantitative estimate of drug-likeness (QED) is 0.585. The molecule has 2 nitrogen and oxygen atoms in total. The highest BCUT2D eigenvalue weighted by molar-refractivity contribution is 5.21. The average molecular weight is 241 g/mol. The summed E-state index contributed by atoms with van der Waals surface area (Å²) >= 11 is 0. The Morgan fingerprint density at radius 2 is 2.24 bits per heavy atom. The zero-order valence-electron chi connectivity index (χ0n) is 9.88. The maximum absolute atomic E-state index is 13.4. The van der Waals surface area contributed by atoms with Crippen molar-refractivity contribution in [3.8, 4) is 0 Å². The van der Waals surface area contributed by atoms with Crippen LogP contribution in [0.15, 0.2) is 30.9 Å². The molecule has 0 radical (unpaired) electrons. The van der Waals surface area contributed by atoms with Gasteiger partial charge in [0.15, 0.2) is 0 Å². The molecule has 1 rings (SSSR count). The fourth-order valence-corrected chi connectivity index (χ4v) is 1.48. The van der Waals surface area contributed by atoms with Crippen molar-refractivity contribution < 1.29 is 13.5 Å². The van der Waals surface area contributed by atoms with Crippen LogP contribution in [0, 0.1) is 11.6 Å². The van der Waals surface area contributed by atoms with Gasteiger partial charge in [0.1, 0.15) is 11.6 Å². The van der Waals surface area contributed by atoms with Crippen LogP contribution in [0.25, 0.3) is 0 Å².